The second kappa shape index (κ2) is 6.09. The Morgan fingerprint density at radius 3 is 2.71 bits per heavy atom. The highest BCUT2D eigenvalue weighted by Crippen LogP contribution is 2.34. The van der Waals surface area contributed by atoms with E-state index in [-0.39, 0.29) is 18.0 Å². The SMILES string of the molecule is CCC1COC(C)CN1c1cc(C(F)(F)F)cc(NC)n1. The summed E-state index contributed by atoms with van der Waals surface area (Å²) in [6.07, 6.45) is -3.62. The van der Waals surface area contributed by atoms with Crippen LogP contribution in [0.5, 0.6) is 0 Å². The third kappa shape index (κ3) is 3.58. The van der Waals surface area contributed by atoms with Gasteiger partial charge in [0.25, 0.3) is 0 Å². The first-order valence-electron chi connectivity index (χ1n) is 7.00. The van der Waals surface area contributed by atoms with Crippen molar-refractivity contribution in [3.8, 4) is 0 Å². The molecule has 0 amide bonds. The average Bonchev–Trinajstić information content (AvgIpc) is 2.45. The summed E-state index contributed by atoms with van der Waals surface area (Å²) in [6, 6.07) is 2.18. The largest absolute Gasteiger partial charge is 0.416 e. The summed E-state index contributed by atoms with van der Waals surface area (Å²) in [7, 11) is 1.56. The van der Waals surface area contributed by atoms with Crippen LogP contribution < -0.4 is 10.2 Å². The molecular weight excluding hydrogens is 283 g/mol. The van der Waals surface area contributed by atoms with Crippen molar-refractivity contribution in [2.45, 2.75) is 38.6 Å². The summed E-state index contributed by atoms with van der Waals surface area (Å²) in [4.78, 5) is 6.19. The molecule has 2 heterocycles. The summed E-state index contributed by atoms with van der Waals surface area (Å²) in [6.45, 7) is 4.94. The lowest BCUT2D eigenvalue weighted by molar-refractivity contribution is -0.137. The second-order valence-corrected chi connectivity index (χ2v) is 5.21. The van der Waals surface area contributed by atoms with Crippen LogP contribution in [0.3, 0.4) is 0 Å². The van der Waals surface area contributed by atoms with Gasteiger partial charge < -0.3 is 15.0 Å². The number of aromatic nitrogens is 1. The Kier molecular flexibility index (Phi) is 4.61. The third-order valence-electron chi connectivity index (χ3n) is 3.63. The third-order valence-corrected chi connectivity index (χ3v) is 3.63. The number of anilines is 2. The molecule has 2 rings (SSSR count). The van der Waals surface area contributed by atoms with Crippen molar-refractivity contribution in [2.24, 2.45) is 0 Å². The number of rotatable bonds is 3. The van der Waals surface area contributed by atoms with E-state index in [0.29, 0.717) is 19.0 Å². The molecule has 1 fully saturated rings. The van der Waals surface area contributed by atoms with E-state index in [9.17, 15) is 13.2 Å². The smallest absolute Gasteiger partial charge is 0.375 e. The Labute approximate surface area is 122 Å². The number of nitrogens with one attached hydrogen (secondary N) is 1. The molecular formula is C14H20F3N3O. The first kappa shape index (κ1) is 15.9. The molecule has 1 aliphatic heterocycles. The molecule has 0 aliphatic carbocycles. The van der Waals surface area contributed by atoms with E-state index in [1.165, 1.54) is 0 Å². The van der Waals surface area contributed by atoms with Gasteiger partial charge in [0.05, 0.1) is 24.3 Å². The molecule has 21 heavy (non-hydrogen) atoms. The Morgan fingerprint density at radius 2 is 2.14 bits per heavy atom. The predicted octanol–water partition coefficient (Wildman–Crippen LogP) is 3.15. The topological polar surface area (TPSA) is 37.4 Å². The lowest BCUT2D eigenvalue weighted by atomic mass is 10.1. The van der Waals surface area contributed by atoms with Gasteiger partial charge in [-0.2, -0.15) is 13.2 Å². The Hall–Kier alpha value is -1.50. The summed E-state index contributed by atoms with van der Waals surface area (Å²) in [5.74, 6) is 0.560. The molecule has 4 nitrogen and oxygen atoms in total. The summed E-state index contributed by atoms with van der Waals surface area (Å²) >= 11 is 0. The van der Waals surface area contributed by atoms with Gasteiger partial charge in [-0.25, -0.2) is 4.98 Å². The maximum atomic E-state index is 13.0. The summed E-state index contributed by atoms with van der Waals surface area (Å²) in [5, 5.41) is 2.69. The first-order chi connectivity index (χ1) is 9.85. The van der Waals surface area contributed by atoms with Crippen molar-refractivity contribution in [2.75, 3.05) is 30.4 Å². The maximum Gasteiger partial charge on any atom is 0.416 e. The van der Waals surface area contributed by atoms with Gasteiger partial charge >= 0.3 is 6.18 Å². The van der Waals surface area contributed by atoms with Crippen LogP contribution in [0.25, 0.3) is 0 Å². The number of pyridine rings is 1. The molecule has 1 N–H and O–H groups in total. The number of hydrogen-bond donors (Lipinski definition) is 1. The highest BCUT2D eigenvalue weighted by Gasteiger charge is 2.34. The lowest BCUT2D eigenvalue weighted by Gasteiger charge is -2.39. The Morgan fingerprint density at radius 1 is 1.43 bits per heavy atom. The van der Waals surface area contributed by atoms with Gasteiger partial charge in [-0.1, -0.05) is 6.92 Å². The fraction of sp³-hybridized carbons (Fsp3) is 0.643. The van der Waals surface area contributed by atoms with Gasteiger partial charge in [0, 0.05) is 13.6 Å². The fourth-order valence-corrected chi connectivity index (χ4v) is 2.42. The van der Waals surface area contributed by atoms with Crippen molar-refractivity contribution in [3.05, 3.63) is 17.7 Å². The quantitative estimate of drug-likeness (QED) is 0.931. The molecule has 7 heteroatoms. The lowest BCUT2D eigenvalue weighted by Crippen LogP contribution is -2.49. The molecule has 118 valence electrons. The van der Waals surface area contributed by atoms with Gasteiger partial charge in [-0.05, 0) is 25.5 Å². The molecule has 0 bridgehead atoms. The van der Waals surface area contributed by atoms with E-state index >= 15 is 0 Å². The molecule has 1 aromatic heterocycles. The summed E-state index contributed by atoms with van der Waals surface area (Å²) in [5.41, 5.74) is -0.689. The van der Waals surface area contributed by atoms with Crippen LogP contribution in [0.15, 0.2) is 12.1 Å². The van der Waals surface area contributed by atoms with Crippen LogP contribution in [-0.2, 0) is 10.9 Å². The van der Waals surface area contributed by atoms with Gasteiger partial charge in [-0.15, -0.1) is 0 Å². The van der Waals surface area contributed by atoms with Crippen molar-refractivity contribution >= 4 is 11.6 Å². The number of morpholine rings is 1. The normalized spacial score (nSPS) is 23.2. The van der Waals surface area contributed by atoms with E-state index in [1.54, 1.807) is 7.05 Å². The summed E-state index contributed by atoms with van der Waals surface area (Å²) < 4.78 is 44.6. The highest BCUT2D eigenvalue weighted by atomic mass is 19.4. The van der Waals surface area contributed by atoms with Crippen LogP contribution in [0.1, 0.15) is 25.8 Å². The molecule has 0 saturated carbocycles. The van der Waals surface area contributed by atoms with Crippen molar-refractivity contribution in [1.82, 2.24) is 4.98 Å². The molecule has 0 radical (unpaired) electrons. The number of alkyl halides is 3. The van der Waals surface area contributed by atoms with Gasteiger partial charge in [0.1, 0.15) is 11.6 Å². The molecule has 2 atom stereocenters. The van der Waals surface area contributed by atoms with Crippen LogP contribution in [0.4, 0.5) is 24.8 Å². The standard InChI is InChI=1S/C14H20F3N3O/c1-4-11-8-21-9(2)7-20(11)13-6-10(14(15,16)17)5-12(18-3)19-13/h5-6,9,11H,4,7-8H2,1-3H3,(H,18,19). The fourth-order valence-electron chi connectivity index (χ4n) is 2.42. The molecule has 0 spiro atoms. The van der Waals surface area contributed by atoms with E-state index in [0.717, 1.165) is 18.6 Å². The molecule has 0 aromatic carbocycles. The molecule has 1 aliphatic rings. The number of ether oxygens (including phenoxy) is 1. The van der Waals surface area contributed by atoms with E-state index in [4.69, 9.17) is 4.74 Å². The Bertz CT molecular complexity index is 493. The van der Waals surface area contributed by atoms with Gasteiger partial charge in [0.2, 0.25) is 0 Å². The van der Waals surface area contributed by atoms with Gasteiger partial charge in [-0.3, -0.25) is 0 Å². The average molecular weight is 303 g/mol. The van der Waals surface area contributed by atoms with Crippen molar-refractivity contribution in [1.29, 1.82) is 0 Å². The predicted molar refractivity (Wildman–Crippen MR) is 75.6 cm³/mol. The van der Waals surface area contributed by atoms with E-state index in [2.05, 4.69) is 10.3 Å². The maximum absolute atomic E-state index is 13.0. The van der Waals surface area contributed by atoms with E-state index in [1.807, 2.05) is 18.7 Å². The highest BCUT2D eigenvalue weighted by molar-refractivity contribution is 5.52. The van der Waals surface area contributed by atoms with Crippen molar-refractivity contribution < 1.29 is 17.9 Å². The zero-order chi connectivity index (χ0) is 15.6. The zero-order valence-corrected chi connectivity index (χ0v) is 12.4. The Balaban J connectivity index is 2.41. The number of hydrogen-bond acceptors (Lipinski definition) is 4. The minimum atomic E-state index is -4.39. The molecule has 1 saturated heterocycles. The minimum absolute atomic E-state index is 0.0258. The van der Waals surface area contributed by atoms with Crippen molar-refractivity contribution in [3.63, 3.8) is 0 Å². The number of halogens is 3. The molecule has 1 aromatic rings. The zero-order valence-electron chi connectivity index (χ0n) is 12.4. The van der Waals surface area contributed by atoms with E-state index < -0.39 is 11.7 Å². The minimum Gasteiger partial charge on any atom is -0.375 e. The van der Waals surface area contributed by atoms with Crippen LogP contribution in [0, 0.1) is 0 Å². The van der Waals surface area contributed by atoms with Gasteiger partial charge in [0.15, 0.2) is 0 Å². The van der Waals surface area contributed by atoms with Crippen LogP contribution in [-0.4, -0.2) is 37.3 Å². The second-order valence-electron chi connectivity index (χ2n) is 5.21. The first-order valence-corrected chi connectivity index (χ1v) is 7.00. The van der Waals surface area contributed by atoms with Crippen LogP contribution >= 0.6 is 0 Å². The monoisotopic (exact) mass is 303 g/mol. The number of nitrogens with zero attached hydrogens (tertiary/aromatic N) is 2. The molecule has 2 unspecified atom stereocenters. The van der Waals surface area contributed by atoms with Crippen LogP contribution in [0.2, 0.25) is 0 Å².